The maximum absolute atomic E-state index is 6.02. The highest BCUT2D eigenvalue weighted by Crippen LogP contribution is 2.28. The third kappa shape index (κ3) is 4.96. The Morgan fingerprint density at radius 1 is 1.00 bits per heavy atom. The molecule has 26 heavy (non-hydrogen) atoms. The summed E-state index contributed by atoms with van der Waals surface area (Å²) in [6.07, 6.45) is 2.81. The maximum atomic E-state index is 6.02. The van der Waals surface area contributed by atoms with E-state index in [2.05, 4.69) is 60.5 Å². The number of benzene rings is 2. The van der Waals surface area contributed by atoms with Gasteiger partial charge in [0.25, 0.3) is 0 Å². The lowest BCUT2D eigenvalue weighted by Gasteiger charge is -2.17. The molecule has 0 spiro atoms. The summed E-state index contributed by atoms with van der Waals surface area (Å²) in [7, 11) is 0. The van der Waals surface area contributed by atoms with Crippen molar-refractivity contribution >= 4 is 10.8 Å². The number of ether oxygens (including phenoxy) is 2. The summed E-state index contributed by atoms with van der Waals surface area (Å²) < 4.78 is 11.6. The fourth-order valence-corrected chi connectivity index (χ4v) is 2.88. The van der Waals surface area contributed by atoms with Crippen molar-refractivity contribution in [1.82, 2.24) is 10.3 Å². The molecule has 0 bridgehead atoms. The van der Waals surface area contributed by atoms with E-state index >= 15 is 0 Å². The molecule has 0 atom stereocenters. The zero-order valence-corrected chi connectivity index (χ0v) is 15.4. The Balaban J connectivity index is 1.57. The highest BCUT2D eigenvalue weighted by Gasteiger charge is 2.10. The minimum absolute atomic E-state index is 0.154. The Labute approximate surface area is 155 Å². The minimum Gasteiger partial charge on any atom is -0.491 e. The molecule has 4 heteroatoms. The first-order chi connectivity index (χ1) is 12.7. The minimum atomic E-state index is 0.154. The van der Waals surface area contributed by atoms with Gasteiger partial charge in [0.15, 0.2) is 0 Å². The van der Waals surface area contributed by atoms with Gasteiger partial charge in [-0.1, -0.05) is 36.4 Å². The first-order valence-electron chi connectivity index (χ1n) is 9.16. The topological polar surface area (TPSA) is 43.4 Å². The van der Waals surface area contributed by atoms with Crippen LogP contribution in [-0.2, 0) is 6.54 Å². The van der Waals surface area contributed by atoms with E-state index in [0.29, 0.717) is 12.5 Å². The Morgan fingerprint density at radius 3 is 2.65 bits per heavy atom. The van der Waals surface area contributed by atoms with Crippen LogP contribution in [0.5, 0.6) is 11.6 Å². The molecule has 0 amide bonds. The Kier molecular flexibility index (Phi) is 6.45. The molecule has 1 N–H and O–H groups in total. The van der Waals surface area contributed by atoms with E-state index in [1.165, 1.54) is 16.3 Å². The first-order valence-corrected chi connectivity index (χ1v) is 9.16. The number of hydrogen-bond donors (Lipinski definition) is 1. The molecule has 1 aromatic heterocycles. The number of fused-ring (bicyclic) bond motifs is 1. The van der Waals surface area contributed by atoms with Crippen molar-refractivity contribution in [2.75, 3.05) is 13.2 Å². The molecule has 0 saturated carbocycles. The fourth-order valence-electron chi connectivity index (χ4n) is 2.88. The summed E-state index contributed by atoms with van der Waals surface area (Å²) in [6.45, 7) is 6.40. The molecule has 3 rings (SSSR count). The van der Waals surface area contributed by atoms with E-state index in [1.807, 2.05) is 18.2 Å². The molecule has 0 unspecified atom stereocenters. The van der Waals surface area contributed by atoms with Crippen LogP contribution < -0.4 is 14.8 Å². The van der Waals surface area contributed by atoms with Gasteiger partial charge in [-0.25, -0.2) is 4.98 Å². The smallest absolute Gasteiger partial charge is 0.213 e. The average molecular weight is 350 g/mol. The van der Waals surface area contributed by atoms with Crippen LogP contribution >= 0.6 is 0 Å². The molecule has 0 saturated heterocycles. The van der Waals surface area contributed by atoms with Crippen LogP contribution in [0.15, 0.2) is 60.8 Å². The van der Waals surface area contributed by atoms with Crippen LogP contribution in [0.3, 0.4) is 0 Å². The SMILES string of the molecule is CC(C)Oc1ccc2ccccc2c1CNCCCOc1ccccn1. The summed E-state index contributed by atoms with van der Waals surface area (Å²) in [5.41, 5.74) is 1.21. The van der Waals surface area contributed by atoms with E-state index in [0.717, 1.165) is 25.3 Å². The third-order valence-electron chi connectivity index (χ3n) is 4.05. The molecule has 0 aliphatic rings. The van der Waals surface area contributed by atoms with Gasteiger partial charge in [-0.15, -0.1) is 0 Å². The second kappa shape index (κ2) is 9.20. The van der Waals surface area contributed by atoms with Crippen molar-refractivity contribution < 1.29 is 9.47 Å². The first kappa shape index (κ1) is 18.2. The maximum Gasteiger partial charge on any atom is 0.213 e. The summed E-state index contributed by atoms with van der Waals surface area (Å²) in [4.78, 5) is 4.16. The quantitative estimate of drug-likeness (QED) is 0.574. The second-order valence-electron chi connectivity index (χ2n) is 6.48. The molecule has 0 radical (unpaired) electrons. The molecular weight excluding hydrogens is 324 g/mol. The van der Waals surface area contributed by atoms with Crippen LogP contribution in [0.25, 0.3) is 10.8 Å². The molecular formula is C22H26N2O2. The molecule has 4 nitrogen and oxygen atoms in total. The molecule has 136 valence electrons. The van der Waals surface area contributed by atoms with Crippen LogP contribution in [0.2, 0.25) is 0 Å². The average Bonchev–Trinajstić information content (AvgIpc) is 2.66. The van der Waals surface area contributed by atoms with Crippen LogP contribution in [0.4, 0.5) is 0 Å². The van der Waals surface area contributed by atoms with Crippen LogP contribution in [0, 0.1) is 0 Å². The Hall–Kier alpha value is -2.59. The van der Waals surface area contributed by atoms with Gasteiger partial charge < -0.3 is 14.8 Å². The van der Waals surface area contributed by atoms with Gasteiger partial charge in [0.2, 0.25) is 5.88 Å². The Bertz CT molecular complexity index is 819. The highest BCUT2D eigenvalue weighted by molar-refractivity contribution is 5.87. The molecule has 3 aromatic rings. The van der Waals surface area contributed by atoms with Crippen molar-refractivity contribution in [2.45, 2.75) is 32.9 Å². The molecule has 0 fully saturated rings. The zero-order chi connectivity index (χ0) is 18.2. The van der Waals surface area contributed by atoms with Crippen molar-refractivity contribution in [3.05, 3.63) is 66.4 Å². The van der Waals surface area contributed by atoms with E-state index in [1.54, 1.807) is 6.20 Å². The number of hydrogen-bond acceptors (Lipinski definition) is 4. The molecule has 0 aliphatic heterocycles. The summed E-state index contributed by atoms with van der Waals surface area (Å²) in [5, 5.41) is 5.99. The predicted octanol–water partition coefficient (Wildman–Crippen LogP) is 4.58. The van der Waals surface area contributed by atoms with E-state index in [4.69, 9.17) is 9.47 Å². The number of nitrogens with zero attached hydrogens (tertiary/aromatic N) is 1. The van der Waals surface area contributed by atoms with E-state index in [-0.39, 0.29) is 6.10 Å². The number of aromatic nitrogens is 1. The van der Waals surface area contributed by atoms with Gasteiger partial charge in [0.1, 0.15) is 5.75 Å². The molecule has 1 heterocycles. The van der Waals surface area contributed by atoms with Gasteiger partial charge in [-0.3, -0.25) is 0 Å². The lowest BCUT2D eigenvalue weighted by atomic mass is 10.0. The largest absolute Gasteiger partial charge is 0.491 e. The zero-order valence-electron chi connectivity index (χ0n) is 15.4. The van der Waals surface area contributed by atoms with E-state index in [9.17, 15) is 0 Å². The van der Waals surface area contributed by atoms with Gasteiger partial charge in [0, 0.05) is 24.4 Å². The number of nitrogens with one attached hydrogen (secondary N) is 1. The van der Waals surface area contributed by atoms with Crippen molar-refractivity contribution in [1.29, 1.82) is 0 Å². The Morgan fingerprint density at radius 2 is 1.85 bits per heavy atom. The van der Waals surface area contributed by atoms with Crippen LogP contribution in [0.1, 0.15) is 25.8 Å². The fraction of sp³-hybridized carbons (Fsp3) is 0.318. The number of pyridine rings is 1. The van der Waals surface area contributed by atoms with Crippen molar-refractivity contribution in [3.8, 4) is 11.6 Å². The molecule has 2 aromatic carbocycles. The standard InChI is InChI=1S/C22H26N2O2/c1-17(2)26-21-12-11-18-8-3-4-9-19(18)20(21)16-23-13-7-15-25-22-10-5-6-14-24-22/h3-6,8-12,14,17,23H,7,13,15-16H2,1-2H3. The van der Waals surface area contributed by atoms with Crippen molar-refractivity contribution in [3.63, 3.8) is 0 Å². The van der Waals surface area contributed by atoms with Crippen molar-refractivity contribution in [2.24, 2.45) is 0 Å². The lowest BCUT2D eigenvalue weighted by molar-refractivity contribution is 0.240. The van der Waals surface area contributed by atoms with Gasteiger partial charge in [-0.2, -0.15) is 0 Å². The third-order valence-corrected chi connectivity index (χ3v) is 4.05. The molecule has 0 aliphatic carbocycles. The highest BCUT2D eigenvalue weighted by atomic mass is 16.5. The predicted molar refractivity (Wildman–Crippen MR) is 106 cm³/mol. The number of rotatable bonds is 9. The summed E-state index contributed by atoms with van der Waals surface area (Å²) in [6, 6.07) is 18.3. The lowest BCUT2D eigenvalue weighted by Crippen LogP contribution is -2.18. The van der Waals surface area contributed by atoms with Crippen LogP contribution in [-0.4, -0.2) is 24.2 Å². The second-order valence-corrected chi connectivity index (χ2v) is 6.48. The summed E-state index contributed by atoms with van der Waals surface area (Å²) in [5.74, 6) is 1.63. The monoisotopic (exact) mass is 350 g/mol. The summed E-state index contributed by atoms with van der Waals surface area (Å²) >= 11 is 0. The van der Waals surface area contributed by atoms with E-state index < -0.39 is 0 Å². The van der Waals surface area contributed by atoms with Gasteiger partial charge in [-0.05, 0) is 49.7 Å². The van der Waals surface area contributed by atoms with Gasteiger partial charge in [0.05, 0.1) is 12.7 Å². The van der Waals surface area contributed by atoms with Gasteiger partial charge >= 0.3 is 0 Å². The normalized spacial score (nSPS) is 11.0.